The first-order chi connectivity index (χ1) is 17.6. The third-order valence-electron chi connectivity index (χ3n) is 7.17. The van der Waals surface area contributed by atoms with Gasteiger partial charge in [0.15, 0.2) is 0 Å². The molecule has 0 saturated carbocycles. The highest BCUT2D eigenvalue weighted by Crippen LogP contribution is 2.35. The van der Waals surface area contributed by atoms with E-state index in [1.165, 1.54) is 0 Å². The molecule has 0 aliphatic carbocycles. The van der Waals surface area contributed by atoms with Crippen LogP contribution >= 0.6 is 11.8 Å². The number of likely N-dealkylation sites (tertiary alicyclic amines) is 1. The molecule has 1 aliphatic rings. The van der Waals surface area contributed by atoms with Crippen LogP contribution in [-0.2, 0) is 0 Å². The molecule has 1 fully saturated rings. The van der Waals surface area contributed by atoms with Crippen molar-refractivity contribution in [1.29, 1.82) is 5.26 Å². The summed E-state index contributed by atoms with van der Waals surface area (Å²) in [4.78, 5) is 7.92. The van der Waals surface area contributed by atoms with E-state index in [4.69, 9.17) is 10.00 Å². The number of benzene rings is 2. The first-order valence-electron chi connectivity index (χ1n) is 12.6. The Morgan fingerprint density at radius 1 is 1.25 bits per heavy atom. The molecule has 1 aliphatic heterocycles. The second-order valence-electron chi connectivity index (χ2n) is 9.46. The molecule has 36 heavy (non-hydrogen) atoms. The Kier molecular flexibility index (Phi) is 9.57. The van der Waals surface area contributed by atoms with Gasteiger partial charge in [-0.15, -0.1) is 11.8 Å². The molecule has 3 aromatic rings. The normalized spacial score (nSPS) is 19.2. The number of aliphatic hydroxyl groups excluding tert-OH is 1. The van der Waals surface area contributed by atoms with Crippen molar-refractivity contribution in [2.45, 2.75) is 36.8 Å². The van der Waals surface area contributed by atoms with Crippen LogP contribution in [0.15, 0.2) is 59.6 Å². The number of nitriles is 1. The fourth-order valence-corrected chi connectivity index (χ4v) is 6.04. The first-order valence-corrected chi connectivity index (χ1v) is 13.6. The van der Waals surface area contributed by atoms with Crippen molar-refractivity contribution in [3.8, 4) is 11.8 Å². The van der Waals surface area contributed by atoms with Gasteiger partial charge in [0.1, 0.15) is 11.9 Å². The lowest BCUT2D eigenvalue weighted by Gasteiger charge is -2.38. The number of aromatic nitrogens is 1. The molecule has 5 nitrogen and oxygen atoms in total. The Balaban J connectivity index is 1.25. The number of alkyl halides is 1. The average molecular weight is 508 g/mol. The van der Waals surface area contributed by atoms with Crippen molar-refractivity contribution in [3.63, 3.8) is 0 Å². The maximum absolute atomic E-state index is 15.4. The van der Waals surface area contributed by atoms with Crippen LogP contribution in [0.4, 0.5) is 4.39 Å². The van der Waals surface area contributed by atoms with E-state index >= 15 is 4.39 Å². The van der Waals surface area contributed by atoms with E-state index in [1.807, 2.05) is 42.5 Å². The molecule has 0 bridgehead atoms. The summed E-state index contributed by atoms with van der Waals surface area (Å²) in [6.45, 7) is 2.98. The van der Waals surface area contributed by atoms with Gasteiger partial charge < -0.3 is 14.7 Å². The van der Waals surface area contributed by atoms with Crippen molar-refractivity contribution < 1.29 is 14.2 Å². The zero-order valence-electron chi connectivity index (χ0n) is 20.8. The molecule has 0 spiro atoms. The molecule has 3 atom stereocenters. The van der Waals surface area contributed by atoms with Crippen LogP contribution in [0.2, 0.25) is 0 Å². The molecular weight excluding hydrogens is 473 g/mol. The summed E-state index contributed by atoms with van der Waals surface area (Å²) < 4.78 is 20.7. The average Bonchev–Trinajstić information content (AvgIpc) is 2.93. The van der Waals surface area contributed by atoms with Gasteiger partial charge in [-0.3, -0.25) is 4.98 Å². The largest absolute Gasteiger partial charge is 0.497 e. The minimum atomic E-state index is -1.07. The standard InChI is InChI=1S/C29H34FN3O2S/c1-35-24-7-9-29-27(17-24)26(10-12-32-29)28(30)8-6-22-11-14-33(19-23(22)20-34)13-3-15-36-25-5-2-4-21(16-25)18-31/h2,4-5,7,9-10,12,16-17,22-23,28,34H,3,6,8,11,13-15,19-20H2,1H3/t22-,23-,28?/m1/s1. The monoisotopic (exact) mass is 507 g/mol. The van der Waals surface area contributed by atoms with Gasteiger partial charge >= 0.3 is 0 Å². The Morgan fingerprint density at radius 2 is 2.14 bits per heavy atom. The van der Waals surface area contributed by atoms with E-state index < -0.39 is 6.17 Å². The van der Waals surface area contributed by atoms with Gasteiger partial charge in [0.2, 0.25) is 0 Å². The second kappa shape index (κ2) is 13.0. The Hall–Kier alpha value is -2.66. The predicted molar refractivity (Wildman–Crippen MR) is 143 cm³/mol. The highest BCUT2D eigenvalue weighted by Gasteiger charge is 2.29. The van der Waals surface area contributed by atoms with E-state index in [-0.39, 0.29) is 12.5 Å². The number of fused-ring (bicyclic) bond motifs is 1. The van der Waals surface area contributed by atoms with Crippen LogP contribution in [0.3, 0.4) is 0 Å². The predicted octanol–water partition coefficient (Wildman–Crippen LogP) is 6.02. The summed E-state index contributed by atoms with van der Waals surface area (Å²) in [5.74, 6) is 2.20. The van der Waals surface area contributed by atoms with E-state index in [0.29, 0.717) is 29.2 Å². The second-order valence-corrected chi connectivity index (χ2v) is 10.6. The van der Waals surface area contributed by atoms with Crippen LogP contribution in [-0.4, -0.2) is 54.1 Å². The molecule has 2 heterocycles. The van der Waals surface area contributed by atoms with Gasteiger partial charge in [-0.2, -0.15) is 5.26 Å². The van der Waals surface area contributed by atoms with Crippen LogP contribution in [0, 0.1) is 23.2 Å². The van der Waals surface area contributed by atoms with Crippen molar-refractivity contribution in [1.82, 2.24) is 9.88 Å². The molecule has 1 N–H and O–H groups in total. The molecule has 2 aromatic carbocycles. The van der Waals surface area contributed by atoms with Gasteiger partial charge in [-0.25, -0.2) is 4.39 Å². The van der Waals surface area contributed by atoms with E-state index in [1.54, 1.807) is 31.1 Å². The fraction of sp³-hybridized carbons (Fsp3) is 0.448. The minimum Gasteiger partial charge on any atom is -0.497 e. The molecular formula is C29H34FN3O2S. The number of ether oxygens (including phenoxy) is 1. The van der Waals surface area contributed by atoms with Crippen LogP contribution in [0.5, 0.6) is 5.75 Å². The van der Waals surface area contributed by atoms with Crippen LogP contribution in [0.1, 0.15) is 43.0 Å². The van der Waals surface area contributed by atoms with Gasteiger partial charge in [0, 0.05) is 29.6 Å². The number of thioether (sulfide) groups is 1. The van der Waals surface area contributed by atoms with Crippen LogP contribution < -0.4 is 4.74 Å². The van der Waals surface area contributed by atoms with Gasteiger partial charge in [-0.05, 0) is 104 Å². The number of nitrogens with zero attached hydrogens (tertiary/aromatic N) is 3. The first kappa shape index (κ1) is 26.4. The molecule has 1 saturated heterocycles. The molecule has 190 valence electrons. The lowest BCUT2D eigenvalue weighted by atomic mass is 9.81. The third kappa shape index (κ3) is 6.76. The van der Waals surface area contributed by atoms with E-state index in [0.717, 1.165) is 60.4 Å². The number of halogens is 1. The van der Waals surface area contributed by atoms with E-state index in [2.05, 4.69) is 16.0 Å². The molecule has 0 amide bonds. The lowest BCUT2D eigenvalue weighted by molar-refractivity contribution is 0.0640. The summed E-state index contributed by atoms with van der Waals surface area (Å²) in [6, 6.07) is 17.3. The fourth-order valence-electron chi connectivity index (χ4n) is 5.14. The Labute approximate surface area is 217 Å². The zero-order valence-corrected chi connectivity index (χ0v) is 21.6. The van der Waals surface area contributed by atoms with Gasteiger partial charge in [-0.1, -0.05) is 6.07 Å². The third-order valence-corrected chi connectivity index (χ3v) is 8.25. The van der Waals surface area contributed by atoms with Gasteiger partial charge in [0.25, 0.3) is 0 Å². The number of methoxy groups -OCH3 is 1. The quantitative estimate of drug-likeness (QED) is 0.253. The number of piperidine rings is 1. The number of rotatable bonds is 11. The summed E-state index contributed by atoms with van der Waals surface area (Å²) in [5.41, 5.74) is 2.13. The lowest BCUT2D eigenvalue weighted by Crippen LogP contribution is -2.42. The molecule has 4 rings (SSSR count). The van der Waals surface area contributed by atoms with Crippen molar-refractivity contribution in [2.75, 3.05) is 39.1 Å². The van der Waals surface area contributed by atoms with Crippen LogP contribution in [0.25, 0.3) is 10.9 Å². The maximum atomic E-state index is 15.4. The molecule has 1 unspecified atom stereocenters. The summed E-state index contributed by atoms with van der Waals surface area (Å²) >= 11 is 1.78. The highest BCUT2D eigenvalue weighted by molar-refractivity contribution is 7.99. The molecule has 0 radical (unpaired) electrons. The summed E-state index contributed by atoms with van der Waals surface area (Å²) in [7, 11) is 1.61. The number of aliphatic hydroxyl groups is 1. The minimum absolute atomic E-state index is 0.142. The smallest absolute Gasteiger partial charge is 0.126 e. The van der Waals surface area contributed by atoms with Crippen molar-refractivity contribution in [2.24, 2.45) is 11.8 Å². The van der Waals surface area contributed by atoms with Gasteiger partial charge in [0.05, 0.1) is 24.3 Å². The van der Waals surface area contributed by atoms with E-state index in [9.17, 15) is 5.11 Å². The highest BCUT2D eigenvalue weighted by atomic mass is 32.2. The maximum Gasteiger partial charge on any atom is 0.126 e. The number of pyridine rings is 1. The topological polar surface area (TPSA) is 69.4 Å². The summed E-state index contributed by atoms with van der Waals surface area (Å²) in [6.07, 6.45) is 3.84. The summed E-state index contributed by atoms with van der Waals surface area (Å²) in [5, 5.41) is 19.9. The Bertz CT molecular complexity index is 1180. The number of hydrogen-bond acceptors (Lipinski definition) is 6. The number of hydrogen-bond donors (Lipinski definition) is 1. The molecule has 1 aromatic heterocycles. The SMILES string of the molecule is COc1ccc2nccc(C(F)CC[C@@H]3CCN(CCCSc4cccc(C#N)c4)C[C@@H]3CO)c2c1. The zero-order chi connectivity index (χ0) is 25.3. The van der Waals surface area contributed by atoms with Crippen molar-refractivity contribution in [3.05, 3.63) is 65.9 Å². The molecule has 7 heteroatoms. The van der Waals surface area contributed by atoms with Crippen molar-refractivity contribution >= 4 is 22.7 Å². The Morgan fingerprint density at radius 3 is 2.94 bits per heavy atom.